The molecule has 6 heteroatoms. The number of ether oxygens (including phenoxy) is 3. The van der Waals surface area contributed by atoms with Gasteiger partial charge in [-0.15, -0.1) is 0 Å². The van der Waals surface area contributed by atoms with Gasteiger partial charge in [0.2, 0.25) is 5.75 Å². The normalized spacial score (nSPS) is 10.0. The molecule has 0 aliphatic heterocycles. The maximum Gasteiger partial charge on any atom is 0.339 e. The highest BCUT2D eigenvalue weighted by molar-refractivity contribution is 9.10. The number of halogens is 1. The first-order valence-corrected chi connectivity index (χ1v) is 6.77. The molecule has 0 aliphatic carbocycles. The van der Waals surface area contributed by atoms with Gasteiger partial charge in [-0.25, -0.2) is 4.79 Å². The van der Waals surface area contributed by atoms with Crippen LogP contribution < -0.4 is 14.2 Å². The molecule has 0 aliphatic rings. The maximum absolute atomic E-state index is 11.3. The summed E-state index contributed by atoms with van der Waals surface area (Å²) in [5.41, 5.74) is 0.0474. The maximum atomic E-state index is 11.3. The number of para-hydroxylation sites is 1. The summed E-state index contributed by atoms with van der Waals surface area (Å²) in [7, 11) is 3.00. The highest BCUT2D eigenvalue weighted by Crippen LogP contribution is 2.41. The van der Waals surface area contributed by atoms with E-state index in [0.29, 0.717) is 21.7 Å². The van der Waals surface area contributed by atoms with E-state index >= 15 is 0 Å². The lowest BCUT2D eigenvalue weighted by Crippen LogP contribution is -2.01. The van der Waals surface area contributed by atoms with Crippen LogP contribution >= 0.6 is 15.9 Å². The lowest BCUT2D eigenvalue weighted by Gasteiger charge is -2.15. The number of benzene rings is 2. The number of methoxy groups -OCH3 is 2. The van der Waals surface area contributed by atoms with Gasteiger partial charge in [0.1, 0.15) is 11.3 Å². The fourth-order valence-corrected chi connectivity index (χ4v) is 2.13. The highest BCUT2D eigenvalue weighted by Gasteiger charge is 2.17. The van der Waals surface area contributed by atoms with Gasteiger partial charge >= 0.3 is 5.97 Å². The monoisotopic (exact) mass is 352 g/mol. The third kappa shape index (κ3) is 3.28. The molecule has 0 fully saturated rings. The first-order chi connectivity index (χ1) is 10.1. The van der Waals surface area contributed by atoms with Crippen LogP contribution in [-0.4, -0.2) is 25.3 Å². The Morgan fingerprint density at radius 2 is 1.67 bits per heavy atom. The molecule has 0 heterocycles. The van der Waals surface area contributed by atoms with Gasteiger partial charge in [-0.2, -0.15) is 0 Å². The molecule has 0 amide bonds. The van der Waals surface area contributed by atoms with Gasteiger partial charge in [-0.3, -0.25) is 0 Å². The zero-order valence-corrected chi connectivity index (χ0v) is 13.0. The summed E-state index contributed by atoms with van der Waals surface area (Å²) in [6, 6.07) is 9.84. The number of carboxylic acid groups (broad SMARTS) is 1. The van der Waals surface area contributed by atoms with Crippen molar-refractivity contribution in [3.8, 4) is 23.0 Å². The predicted molar refractivity (Wildman–Crippen MR) is 80.7 cm³/mol. The third-order valence-corrected chi connectivity index (χ3v) is 3.26. The van der Waals surface area contributed by atoms with Crippen LogP contribution in [0.4, 0.5) is 0 Å². The van der Waals surface area contributed by atoms with Crippen LogP contribution in [0, 0.1) is 0 Å². The summed E-state index contributed by atoms with van der Waals surface area (Å²) in [5, 5.41) is 9.23. The van der Waals surface area contributed by atoms with Crippen LogP contribution in [0.15, 0.2) is 40.9 Å². The topological polar surface area (TPSA) is 65.0 Å². The van der Waals surface area contributed by atoms with Crippen molar-refractivity contribution in [1.29, 1.82) is 0 Å². The first kappa shape index (κ1) is 15.2. The van der Waals surface area contributed by atoms with E-state index < -0.39 is 5.97 Å². The zero-order valence-electron chi connectivity index (χ0n) is 11.4. The summed E-state index contributed by atoms with van der Waals surface area (Å²) in [6.45, 7) is 0. The molecule has 0 spiro atoms. The lowest BCUT2D eigenvalue weighted by molar-refractivity contribution is 0.0694. The fourth-order valence-electron chi connectivity index (χ4n) is 1.79. The Hall–Kier alpha value is -2.21. The molecule has 0 radical (unpaired) electrons. The van der Waals surface area contributed by atoms with Crippen LogP contribution in [0.3, 0.4) is 0 Å². The number of hydrogen-bond acceptors (Lipinski definition) is 4. The molecule has 110 valence electrons. The summed E-state index contributed by atoms with van der Waals surface area (Å²) in [5.74, 6) is 0.338. The van der Waals surface area contributed by atoms with Gasteiger partial charge < -0.3 is 19.3 Å². The van der Waals surface area contributed by atoms with Crippen molar-refractivity contribution in [2.75, 3.05) is 14.2 Å². The minimum atomic E-state index is -1.08. The first-order valence-electron chi connectivity index (χ1n) is 5.98. The highest BCUT2D eigenvalue weighted by atomic mass is 79.9. The Kier molecular flexibility index (Phi) is 4.70. The third-order valence-electron chi connectivity index (χ3n) is 2.77. The van der Waals surface area contributed by atoms with Gasteiger partial charge in [-0.1, -0.05) is 22.0 Å². The summed E-state index contributed by atoms with van der Waals surface area (Å²) in [4.78, 5) is 11.3. The molecule has 0 saturated heterocycles. The van der Waals surface area contributed by atoms with E-state index in [2.05, 4.69) is 15.9 Å². The molecule has 0 aromatic heterocycles. The predicted octanol–water partition coefficient (Wildman–Crippen LogP) is 3.96. The molecule has 2 aromatic carbocycles. The van der Waals surface area contributed by atoms with Crippen molar-refractivity contribution in [1.82, 2.24) is 0 Å². The molecule has 0 unspecified atom stereocenters. The SMILES string of the molecule is COc1cccc(OC)c1Oc1cc(Br)ccc1C(=O)O. The molecule has 21 heavy (non-hydrogen) atoms. The number of hydrogen-bond donors (Lipinski definition) is 1. The number of aromatic carboxylic acids is 1. The van der Waals surface area contributed by atoms with Crippen molar-refractivity contribution in [3.63, 3.8) is 0 Å². The Balaban J connectivity index is 2.52. The molecule has 0 bridgehead atoms. The molecule has 0 atom stereocenters. The second-order valence-electron chi connectivity index (χ2n) is 4.04. The summed E-state index contributed by atoms with van der Waals surface area (Å²) in [6.07, 6.45) is 0. The Morgan fingerprint density at radius 3 is 2.19 bits per heavy atom. The van der Waals surface area contributed by atoms with Crippen molar-refractivity contribution in [2.45, 2.75) is 0 Å². The van der Waals surface area contributed by atoms with Gasteiger partial charge in [-0.05, 0) is 30.3 Å². The molecule has 0 saturated carbocycles. The number of carbonyl (C=O) groups is 1. The standard InChI is InChI=1S/C15H13BrO5/c1-19-11-4-3-5-12(20-2)14(11)21-13-8-9(16)6-7-10(13)15(17)18/h3-8H,1-2H3,(H,17,18). The van der Waals surface area contributed by atoms with E-state index in [9.17, 15) is 9.90 Å². The van der Waals surface area contributed by atoms with Gasteiger partial charge in [0.05, 0.1) is 14.2 Å². The van der Waals surface area contributed by atoms with Crippen LogP contribution in [-0.2, 0) is 0 Å². The van der Waals surface area contributed by atoms with E-state index in [1.807, 2.05) is 0 Å². The molecular formula is C15H13BrO5. The van der Waals surface area contributed by atoms with E-state index in [1.54, 1.807) is 30.3 Å². The Labute approximate surface area is 130 Å². The number of rotatable bonds is 5. The van der Waals surface area contributed by atoms with Crippen molar-refractivity contribution >= 4 is 21.9 Å². The quantitative estimate of drug-likeness (QED) is 0.882. The van der Waals surface area contributed by atoms with E-state index in [1.165, 1.54) is 20.3 Å². The fraction of sp³-hybridized carbons (Fsp3) is 0.133. The second kappa shape index (κ2) is 6.49. The van der Waals surface area contributed by atoms with Crippen LogP contribution in [0.25, 0.3) is 0 Å². The van der Waals surface area contributed by atoms with E-state index in [0.717, 1.165) is 0 Å². The molecule has 5 nitrogen and oxygen atoms in total. The van der Waals surface area contributed by atoms with Crippen molar-refractivity contribution in [3.05, 3.63) is 46.4 Å². The Morgan fingerprint density at radius 1 is 1.05 bits per heavy atom. The Bertz CT molecular complexity index is 647. The molecule has 1 N–H and O–H groups in total. The van der Waals surface area contributed by atoms with Crippen LogP contribution in [0.5, 0.6) is 23.0 Å². The smallest absolute Gasteiger partial charge is 0.339 e. The minimum absolute atomic E-state index is 0.0474. The summed E-state index contributed by atoms with van der Waals surface area (Å²) < 4.78 is 16.9. The second-order valence-corrected chi connectivity index (χ2v) is 4.96. The average molecular weight is 353 g/mol. The van der Waals surface area contributed by atoms with Crippen molar-refractivity contribution in [2.24, 2.45) is 0 Å². The van der Waals surface area contributed by atoms with Crippen LogP contribution in [0.2, 0.25) is 0 Å². The zero-order chi connectivity index (χ0) is 15.4. The van der Waals surface area contributed by atoms with Gasteiger partial charge in [0, 0.05) is 4.47 Å². The van der Waals surface area contributed by atoms with Crippen LogP contribution in [0.1, 0.15) is 10.4 Å². The molecular weight excluding hydrogens is 340 g/mol. The average Bonchev–Trinajstić information content (AvgIpc) is 2.47. The lowest BCUT2D eigenvalue weighted by atomic mass is 10.2. The van der Waals surface area contributed by atoms with E-state index in [-0.39, 0.29) is 11.3 Å². The molecule has 2 rings (SSSR count). The van der Waals surface area contributed by atoms with Gasteiger partial charge in [0.15, 0.2) is 11.5 Å². The van der Waals surface area contributed by atoms with Gasteiger partial charge in [0.25, 0.3) is 0 Å². The van der Waals surface area contributed by atoms with Crippen molar-refractivity contribution < 1.29 is 24.1 Å². The summed E-state index contributed by atoms with van der Waals surface area (Å²) >= 11 is 3.29. The number of carboxylic acids is 1. The molecule has 2 aromatic rings. The van der Waals surface area contributed by atoms with E-state index in [4.69, 9.17) is 14.2 Å². The largest absolute Gasteiger partial charge is 0.493 e. The minimum Gasteiger partial charge on any atom is -0.493 e.